The summed E-state index contributed by atoms with van der Waals surface area (Å²) >= 11 is 1.89. The van der Waals surface area contributed by atoms with E-state index in [4.69, 9.17) is 0 Å². The molecule has 0 amide bonds. The van der Waals surface area contributed by atoms with E-state index in [1.54, 1.807) is 0 Å². The highest BCUT2D eigenvalue weighted by Crippen LogP contribution is 2.28. The van der Waals surface area contributed by atoms with Crippen molar-refractivity contribution in [3.8, 4) is 0 Å². The van der Waals surface area contributed by atoms with Crippen LogP contribution in [0.25, 0.3) is 0 Å². The van der Waals surface area contributed by atoms with Gasteiger partial charge in [0.2, 0.25) is 0 Å². The van der Waals surface area contributed by atoms with Gasteiger partial charge in [0.15, 0.2) is 0 Å². The molecule has 0 aliphatic carbocycles. The lowest BCUT2D eigenvalue weighted by atomic mass is 10.0. The first-order chi connectivity index (χ1) is 7.84. The molecule has 2 aliphatic heterocycles. The Labute approximate surface area is 102 Å². The van der Waals surface area contributed by atoms with Gasteiger partial charge in [-0.2, -0.15) is 0 Å². The molecule has 2 aliphatic rings. The number of thiophene rings is 1. The van der Waals surface area contributed by atoms with Crippen LogP contribution in [0.1, 0.15) is 24.6 Å². The molecule has 16 heavy (non-hydrogen) atoms. The van der Waals surface area contributed by atoms with Gasteiger partial charge in [0.1, 0.15) is 0 Å². The number of hydrogen-bond donors (Lipinski definition) is 0. The zero-order chi connectivity index (χ0) is 11.0. The third-order valence-corrected chi connectivity index (χ3v) is 5.02. The number of hydrogen-bond acceptors (Lipinski definition) is 3. The zero-order valence-corrected chi connectivity index (χ0v) is 10.7. The van der Waals surface area contributed by atoms with E-state index >= 15 is 0 Å². The van der Waals surface area contributed by atoms with Crippen molar-refractivity contribution < 1.29 is 0 Å². The van der Waals surface area contributed by atoms with Crippen LogP contribution in [0.2, 0.25) is 0 Å². The van der Waals surface area contributed by atoms with E-state index in [0.29, 0.717) is 0 Å². The minimum absolute atomic E-state index is 0.735. The van der Waals surface area contributed by atoms with E-state index in [1.165, 1.54) is 37.4 Å². The normalized spacial score (nSPS) is 31.8. The first-order valence-electron chi connectivity index (χ1n) is 6.35. The molecule has 3 rings (SSSR count). The van der Waals surface area contributed by atoms with Crippen LogP contribution in [-0.4, -0.2) is 41.5 Å². The van der Waals surface area contributed by atoms with Gasteiger partial charge in [0, 0.05) is 36.6 Å². The van der Waals surface area contributed by atoms with Crippen LogP contribution in [0.4, 0.5) is 0 Å². The molecule has 2 nitrogen and oxygen atoms in total. The van der Waals surface area contributed by atoms with Crippen LogP contribution >= 0.6 is 11.3 Å². The van der Waals surface area contributed by atoms with E-state index < -0.39 is 0 Å². The van der Waals surface area contributed by atoms with Crippen molar-refractivity contribution in [3.63, 3.8) is 0 Å². The van der Waals surface area contributed by atoms with Crippen LogP contribution in [0, 0.1) is 0 Å². The monoisotopic (exact) mass is 236 g/mol. The van der Waals surface area contributed by atoms with Gasteiger partial charge >= 0.3 is 0 Å². The van der Waals surface area contributed by atoms with Crippen molar-refractivity contribution in [3.05, 3.63) is 22.4 Å². The number of piperazine rings is 1. The molecule has 3 heteroatoms. The molecule has 1 aromatic rings. The highest BCUT2D eigenvalue weighted by Gasteiger charge is 2.36. The summed E-state index contributed by atoms with van der Waals surface area (Å²) in [6.07, 6.45) is 2.81. The second-order valence-electron chi connectivity index (χ2n) is 5.04. The van der Waals surface area contributed by atoms with E-state index in [9.17, 15) is 0 Å². The largest absolute Gasteiger partial charge is 0.298 e. The number of nitrogens with zero attached hydrogens (tertiary/aromatic N) is 2. The zero-order valence-electron chi connectivity index (χ0n) is 9.93. The molecule has 2 unspecified atom stereocenters. The molecule has 0 saturated carbocycles. The van der Waals surface area contributed by atoms with Crippen molar-refractivity contribution >= 4 is 11.3 Å². The summed E-state index contributed by atoms with van der Waals surface area (Å²) in [4.78, 5) is 6.87. The van der Waals surface area contributed by atoms with E-state index in [-0.39, 0.29) is 0 Å². The smallest absolute Gasteiger partial charge is 0.0331 e. The van der Waals surface area contributed by atoms with Crippen LogP contribution in [0.15, 0.2) is 17.5 Å². The van der Waals surface area contributed by atoms with Gasteiger partial charge in [0.25, 0.3) is 0 Å². The Bertz CT molecular complexity index is 336. The van der Waals surface area contributed by atoms with Crippen LogP contribution in [0.5, 0.6) is 0 Å². The van der Waals surface area contributed by atoms with Crippen molar-refractivity contribution in [1.29, 1.82) is 0 Å². The summed E-state index contributed by atoms with van der Waals surface area (Å²) in [5, 5.41) is 2.19. The molecule has 0 aromatic carbocycles. The fraction of sp³-hybridized carbons (Fsp3) is 0.692. The second kappa shape index (κ2) is 4.47. The van der Waals surface area contributed by atoms with Crippen molar-refractivity contribution in [2.75, 3.05) is 19.6 Å². The molecule has 1 aromatic heterocycles. The lowest BCUT2D eigenvalue weighted by Crippen LogP contribution is -2.55. The molecule has 2 saturated heterocycles. The van der Waals surface area contributed by atoms with Crippen LogP contribution < -0.4 is 0 Å². The topological polar surface area (TPSA) is 6.48 Å². The third-order valence-electron chi connectivity index (χ3n) is 4.16. The average molecular weight is 236 g/mol. The lowest BCUT2D eigenvalue weighted by molar-refractivity contribution is 0.0477. The van der Waals surface area contributed by atoms with Crippen LogP contribution in [0.3, 0.4) is 0 Å². The highest BCUT2D eigenvalue weighted by molar-refractivity contribution is 7.09. The van der Waals surface area contributed by atoms with E-state index in [2.05, 4.69) is 34.2 Å². The standard InChI is InChI=1S/C13H20N2S/c1-11-13-5-2-6-14(13)7-8-15(11)10-12-4-3-9-16-12/h3-4,9,11,13H,2,5-8,10H2,1H3. The molecule has 2 fully saturated rings. The van der Waals surface area contributed by atoms with E-state index in [0.717, 1.165) is 18.6 Å². The molecular weight excluding hydrogens is 216 g/mol. The molecule has 88 valence electrons. The molecule has 0 N–H and O–H groups in total. The van der Waals surface area contributed by atoms with Crippen molar-refractivity contribution in [2.45, 2.75) is 38.4 Å². The quantitative estimate of drug-likeness (QED) is 0.778. The average Bonchev–Trinajstić information content (AvgIpc) is 2.93. The van der Waals surface area contributed by atoms with Crippen molar-refractivity contribution in [2.24, 2.45) is 0 Å². The number of fused-ring (bicyclic) bond motifs is 1. The molecule has 2 atom stereocenters. The fourth-order valence-electron chi connectivity index (χ4n) is 3.21. The predicted molar refractivity (Wildman–Crippen MR) is 68.8 cm³/mol. The van der Waals surface area contributed by atoms with Gasteiger partial charge in [-0.1, -0.05) is 6.07 Å². The summed E-state index contributed by atoms with van der Waals surface area (Å²) in [5.41, 5.74) is 0. The van der Waals surface area contributed by atoms with Gasteiger partial charge in [-0.25, -0.2) is 0 Å². The fourth-order valence-corrected chi connectivity index (χ4v) is 3.93. The Kier molecular flexibility index (Phi) is 3.01. The first-order valence-corrected chi connectivity index (χ1v) is 7.23. The first kappa shape index (κ1) is 10.8. The molecular formula is C13H20N2S. The number of rotatable bonds is 2. The Morgan fingerprint density at radius 3 is 3.12 bits per heavy atom. The minimum Gasteiger partial charge on any atom is -0.298 e. The summed E-state index contributed by atoms with van der Waals surface area (Å²) in [6.45, 7) is 7.43. The van der Waals surface area contributed by atoms with Crippen LogP contribution in [-0.2, 0) is 6.54 Å². The Balaban J connectivity index is 1.67. The summed E-state index contributed by atoms with van der Waals surface area (Å²) in [6, 6.07) is 5.99. The molecule has 0 radical (unpaired) electrons. The second-order valence-corrected chi connectivity index (χ2v) is 6.07. The summed E-state index contributed by atoms with van der Waals surface area (Å²) in [5.74, 6) is 0. The molecule has 0 bridgehead atoms. The SMILES string of the molecule is CC1C2CCCN2CCN1Cc1cccs1. The lowest BCUT2D eigenvalue weighted by Gasteiger charge is -2.43. The Morgan fingerprint density at radius 1 is 1.38 bits per heavy atom. The summed E-state index contributed by atoms with van der Waals surface area (Å²) < 4.78 is 0. The highest BCUT2D eigenvalue weighted by atomic mass is 32.1. The maximum atomic E-state index is 2.69. The Morgan fingerprint density at radius 2 is 2.31 bits per heavy atom. The van der Waals surface area contributed by atoms with E-state index in [1.807, 2.05) is 11.3 Å². The minimum atomic E-state index is 0.735. The predicted octanol–water partition coefficient (Wildman–Crippen LogP) is 2.42. The third kappa shape index (κ3) is 1.92. The van der Waals surface area contributed by atoms with Crippen molar-refractivity contribution in [1.82, 2.24) is 9.80 Å². The molecule has 0 spiro atoms. The van der Waals surface area contributed by atoms with Gasteiger partial charge in [-0.15, -0.1) is 11.3 Å². The van der Waals surface area contributed by atoms with Gasteiger partial charge in [-0.05, 0) is 37.8 Å². The maximum Gasteiger partial charge on any atom is 0.0331 e. The van der Waals surface area contributed by atoms with Gasteiger partial charge in [-0.3, -0.25) is 9.80 Å². The maximum absolute atomic E-state index is 2.69. The van der Waals surface area contributed by atoms with Gasteiger partial charge in [0.05, 0.1) is 0 Å². The Hall–Kier alpha value is -0.380. The summed E-state index contributed by atoms with van der Waals surface area (Å²) in [7, 11) is 0. The molecule has 3 heterocycles. The van der Waals surface area contributed by atoms with Gasteiger partial charge < -0.3 is 0 Å².